The number of aromatic nitrogens is 1. The molecule has 1 aliphatic carbocycles. The Morgan fingerprint density at radius 2 is 1.83 bits per heavy atom. The van der Waals surface area contributed by atoms with Gasteiger partial charge in [-0.25, -0.2) is 0 Å². The molecule has 4 rings (SSSR count). The van der Waals surface area contributed by atoms with Gasteiger partial charge >= 0.3 is 0 Å². The quantitative estimate of drug-likeness (QED) is 0.530. The molecule has 7 nitrogen and oxygen atoms in total. The summed E-state index contributed by atoms with van der Waals surface area (Å²) in [6.07, 6.45) is 1.33. The van der Waals surface area contributed by atoms with Crippen molar-refractivity contribution in [1.29, 1.82) is 0 Å². The second kappa shape index (κ2) is 15.4. The third-order valence-electron chi connectivity index (χ3n) is 6.25. The second-order valence-corrected chi connectivity index (χ2v) is 10.2. The van der Waals surface area contributed by atoms with Crippen LogP contribution in [0.1, 0.15) is 66.4 Å². The Morgan fingerprint density at radius 3 is 2.23 bits per heavy atom. The Kier molecular flexibility index (Phi) is 14.2. The number of aromatic amines is 1. The first kappa shape index (κ1) is 32.3. The van der Waals surface area contributed by atoms with Crippen LogP contribution in [-0.2, 0) is 9.59 Å². The van der Waals surface area contributed by atoms with Crippen molar-refractivity contribution >= 4 is 29.5 Å². The van der Waals surface area contributed by atoms with Gasteiger partial charge in [-0.1, -0.05) is 60.2 Å². The lowest BCUT2D eigenvalue weighted by Gasteiger charge is -2.23. The first-order valence-corrected chi connectivity index (χ1v) is 12.2. The third-order valence-corrected chi connectivity index (χ3v) is 6.25. The van der Waals surface area contributed by atoms with Crippen LogP contribution in [0.15, 0.2) is 30.3 Å². The zero-order valence-corrected chi connectivity index (χ0v) is 22.1. The average Bonchev–Trinajstić information content (AvgIpc) is 3.09. The average molecular weight is 489 g/mol. The highest BCUT2D eigenvalue weighted by Crippen LogP contribution is 2.64. The molecule has 1 saturated heterocycles. The molecule has 0 bridgehead atoms. The van der Waals surface area contributed by atoms with Gasteiger partial charge in [0.2, 0.25) is 6.41 Å². The lowest BCUT2D eigenvalue weighted by atomic mass is 10.0. The minimum Gasteiger partial charge on any atom is -0.359 e. The summed E-state index contributed by atoms with van der Waals surface area (Å²) < 4.78 is 0. The molecule has 2 aliphatic rings. The van der Waals surface area contributed by atoms with Gasteiger partial charge in [-0.2, -0.15) is 0 Å². The molecule has 2 aromatic rings. The van der Waals surface area contributed by atoms with Crippen LogP contribution in [0.2, 0.25) is 0 Å². The fourth-order valence-corrected chi connectivity index (χ4v) is 4.35. The number of fused-ring (bicyclic) bond motifs is 2. The zero-order valence-electron chi connectivity index (χ0n) is 22.1. The number of nitrogens with one attached hydrogen (secondary N) is 3. The van der Waals surface area contributed by atoms with Gasteiger partial charge in [-0.05, 0) is 56.2 Å². The van der Waals surface area contributed by atoms with E-state index in [4.69, 9.17) is 0 Å². The summed E-state index contributed by atoms with van der Waals surface area (Å²) in [4.78, 5) is 36.3. The van der Waals surface area contributed by atoms with Crippen LogP contribution >= 0.6 is 0 Å². The Labute approximate surface area is 212 Å². The van der Waals surface area contributed by atoms with Gasteiger partial charge in [-0.15, -0.1) is 0 Å². The molecular weight excluding hydrogens is 440 g/mol. The molecule has 1 aromatic heterocycles. The van der Waals surface area contributed by atoms with E-state index in [-0.39, 0.29) is 19.9 Å². The Bertz CT molecular complexity index is 869. The number of carbonyl (C=O) groups is 3. The number of para-hydroxylation sites is 1. The summed E-state index contributed by atoms with van der Waals surface area (Å²) in [6.45, 7) is 17.6. The third kappa shape index (κ3) is 9.84. The molecule has 1 aromatic carbocycles. The highest BCUT2D eigenvalue weighted by molar-refractivity contribution is 5.98. The lowest BCUT2D eigenvalue weighted by Crippen LogP contribution is -2.29. The smallest absolute Gasteiger partial charge is 0.268 e. The number of aldehydes is 1. The first-order valence-electron chi connectivity index (χ1n) is 12.2. The molecule has 3 atom stereocenters. The minimum atomic E-state index is -0.265. The van der Waals surface area contributed by atoms with Crippen molar-refractivity contribution in [2.24, 2.45) is 23.2 Å². The van der Waals surface area contributed by atoms with Gasteiger partial charge in [0.1, 0.15) is 12.0 Å². The molecule has 0 spiro atoms. The Morgan fingerprint density at radius 1 is 1.23 bits per heavy atom. The van der Waals surface area contributed by atoms with E-state index in [1.165, 1.54) is 6.54 Å². The fraction of sp³-hybridized carbons (Fsp3) is 0.607. The van der Waals surface area contributed by atoms with E-state index < -0.39 is 0 Å². The first-order chi connectivity index (χ1) is 16.0. The maximum atomic E-state index is 11.5. The van der Waals surface area contributed by atoms with Gasteiger partial charge in [0.15, 0.2) is 0 Å². The van der Waals surface area contributed by atoms with Crippen molar-refractivity contribution in [2.75, 3.05) is 26.7 Å². The van der Waals surface area contributed by atoms with Crippen LogP contribution in [-0.4, -0.2) is 61.2 Å². The number of amides is 2. The van der Waals surface area contributed by atoms with E-state index in [1.807, 2.05) is 31.2 Å². The van der Waals surface area contributed by atoms with Gasteiger partial charge < -0.3 is 25.3 Å². The summed E-state index contributed by atoms with van der Waals surface area (Å²) in [7, 11) is 2.24. The minimum absolute atomic E-state index is 0. The molecule has 2 heterocycles. The highest BCUT2D eigenvalue weighted by atomic mass is 16.2. The van der Waals surface area contributed by atoms with E-state index >= 15 is 0 Å². The Hall–Kier alpha value is -2.67. The molecule has 1 saturated carbocycles. The number of hydrogen-bond donors (Lipinski definition) is 3. The van der Waals surface area contributed by atoms with Crippen molar-refractivity contribution in [3.05, 3.63) is 36.0 Å². The number of piperidine rings is 1. The summed E-state index contributed by atoms with van der Waals surface area (Å²) in [5, 5.41) is 5.88. The molecule has 1 aliphatic heterocycles. The van der Waals surface area contributed by atoms with Crippen LogP contribution < -0.4 is 10.6 Å². The monoisotopic (exact) mass is 488 g/mol. The molecular formula is C28H48N4O3. The largest absolute Gasteiger partial charge is 0.359 e. The van der Waals surface area contributed by atoms with E-state index in [1.54, 1.807) is 6.07 Å². The zero-order chi connectivity index (χ0) is 25.9. The highest BCUT2D eigenvalue weighted by Gasteiger charge is 2.64. The predicted molar refractivity (Wildman–Crippen MR) is 147 cm³/mol. The number of rotatable bonds is 5. The fourth-order valence-electron chi connectivity index (χ4n) is 4.35. The van der Waals surface area contributed by atoms with Crippen LogP contribution in [0.5, 0.6) is 0 Å². The summed E-state index contributed by atoms with van der Waals surface area (Å²) >= 11 is 0. The maximum Gasteiger partial charge on any atom is 0.268 e. The van der Waals surface area contributed by atoms with E-state index in [0.717, 1.165) is 41.2 Å². The normalized spacial score (nSPS) is 20.9. The molecule has 2 fully saturated rings. The predicted octanol–water partition coefficient (Wildman–Crippen LogP) is 4.74. The van der Waals surface area contributed by atoms with Gasteiger partial charge in [0, 0.05) is 30.0 Å². The number of carbonyl (C=O) groups excluding carboxylic acids is 3. The summed E-state index contributed by atoms with van der Waals surface area (Å²) in [5.41, 5.74) is 2.05. The van der Waals surface area contributed by atoms with Gasteiger partial charge in [0.25, 0.3) is 5.91 Å². The molecule has 3 N–H and O–H groups in total. The van der Waals surface area contributed by atoms with Gasteiger partial charge in [0.05, 0.1) is 6.54 Å². The lowest BCUT2D eigenvalue weighted by molar-refractivity contribution is -0.109. The molecule has 35 heavy (non-hydrogen) atoms. The van der Waals surface area contributed by atoms with E-state index in [9.17, 15) is 14.4 Å². The Balaban J connectivity index is 0.000000500. The van der Waals surface area contributed by atoms with Crippen molar-refractivity contribution in [2.45, 2.75) is 61.9 Å². The van der Waals surface area contributed by atoms with Crippen molar-refractivity contribution < 1.29 is 14.4 Å². The molecule has 7 heteroatoms. The van der Waals surface area contributed by atoms with Crippen molar-refractivity contribution in [1.82, 2.24) is 20.5 Å². The number of H-pyrrole nitrogens is 1. The summed E-state index contributed by atoms with van der Waals surface area (Å²) in [5.74, 6) is 2.57. The van der Waals surface area contributed by atoms with Crippen molar-refractivity contribution in [3.63, 3.8) is 0 Å². The molecule has 1 unspecified atom stereocenters. The topological polar surface area (TPSA) is 94.3 Å². The van der Waals surface area contributed by atoms with Crippen LogP contribution in [0.4, 0.5) is 0 Å². The SMILES string of the molecule is C.CC(C)C.CCNC=O.C[C@@H]1C2[C@H](CN1C)C2(C)C.O=CCNC(=O)c1cc2ccccc2[nH]1. The number of hydrogen-bond acceptors (Lipinski definition) is 4. The van der Waals surface area contributed by atoms with E-state index in [2.05, 4.69) is 69.1 Å². The van der Waals surface area contributed by atoms with Gasteiger partial charge in [-0.3, -0.25) is 9.59 Å². The standard InChI is InChI=1S/C11H10N2O2.C9H17N.C4H10.C3H7NO.CH4/c14-6-5-12-11(15)10-7-8-3-1-2-4-9(8)13-10;1-6-8-7(5-10(6)4)9(8,2)3;1-4(2)3;1-2-4-3-5;/h1-4,6-7,13H,5H2,(H,12,15);6-8H,5H2,1-4H3;4H,1-3H3;3H,2H2,1H3,(H,4,5);1H4/t;6-,7+,8?;;;/m.1.../s1. The molecule has 198 valence electrons. The molecule has 2 amide bonds. The number of nitrogens with zero attached hydrogens (tertiary/aromatic N) is 1. The molecule has 0 radical (unpaired) electrons. The second-order valence-electron chi connectivity index (χ2n) is 10.2. The maximum absolute atomic E-state index is 11.5. The van der Waals surface area contributed by atoms with Crippen LogP contribution in [0.3, 0.4) is 0 Å². The number of likely N-dealkylation sites (tertiary alicyclic amines) is 1. The van der Waals surface area contributed by atoms with Crippen LogP contribution in [0.25, 0.3) is 10.9 Å². The summed E-state index contributed by atoms with van der Waals surface area (Å²) in [6, 6.07) is 10.2. The van der Waals surface area contributed by atoms with E-state index in [0.29, 0.717) is 23.8 Å². The number of benzene rings is 1. The van der Waals surface area contributed by atoms with Crippen LogP contribution in [0, 0.1) is 23.2 Å². The van der Waals surface area contributed by atoms with Crippen molar-refractivity contribution in [3.8, 4) is 0 Å².